The third-order valence-corrected chi connectivity index (χ3v) is 3.63. The van der Waals surface area contributed by atoms with Gasteiger partial charge in [-0.3, -0.25) is 0 Å². The lowest BCUT2D eigenvalue weighted by Crippen LogP contribution is -1.96. The predicted octanol–water partition coefficient (Wildman–Crippen LogP) is 2.89. The van der Waals surface area contributed by atoms with Crippen molar-refractivity contribution in [2.45, 2.75) is 0 Å². The summed E-state index contributed by atoms with van der Waals surface area (Å²) in [6.45, 7) is 0. The van der Waals surface area contributed by atoms with Crippen molar-refractivity contribution in [3.8, 4) is 0 Å². The van der Waals surface area contributed by atoms with Crippen molar-refractivity contribution >= 4 is 38.0 Å². The van der Waals surface area contributed by atoms with E-state index in [1.807, 2.05) is 0 Å². The molecule has 13 heavy (non-hydrogen) atoms. The fraction of sp³-hybridized carbons (Fsp3) is 0.125. The maximum absolute atomic E-state index is 12.7. The normalized spacial score (nSPS) is 10.6. The number of fused-ring (bicyclic) bond motifs is 1. The minimum absolute atomic E-state index is 0.224. The second kappa shape index (κ2) is 3.08. The number of hydrogen-bond acceptors (Lipinski definition) is 4. The molecule has 0 aliphatic heterocycles. The zero-order valence-corrected chi connectivity index (χ0v) is 8.30. The van der Waals surface area contributed by atoms with Gasteiger partial charge < -0.3 is 4.74 Å². The Bertz CT molecular complexity index is 426. The van der Waals surface area contributed by atoms with Crippen LogP contribution in [-0.2, 0) is 4.74 Å². The first-order valence-corrected chi connectivity index (χ1v) is 5.11. The minimum Gasteiger partial charge on any atom is -0.465 e. The van der Waals surface area contributed by atoms with E-state index in [9.17, 15) is 9.18 Å². The van der Waals surface area contributed by atoms with E-state index in [0.717, 1.165) is 20.7 Å². The molecule has 2 rings (SSSR count). The SMILES string of the molecule is COC(=O)c1cc2sc(F)cc2s1. The number of hydrogen-bond donors (Lipinski definition) is 0. The average molecular weight is 216 g/mol. The number of esters is 1. The van der Waals surface area contributed by atoms with E-state index in [1.54, 1.807) is 6.07 Å². The van der Waals surface area contributed by atoms with E-state index >= 15 is 0 Å². The van der Waals surface area contributed by atoms with Gasteiger partial charge >= 0.3 is 5.97 Å². The van der Waals surface area contributed by atoms with Crippen molar-refractivity contribution in [2.75, 3.05) is 7.11 Å². The lowest BCUT2D eigenvalue weighted by atomic mass is 10.4. The van der Waals surface area contributed by atoms with Gasteiger partial charge in [-0.25, -0.2) is 4.79 Å². The highest BCUT2D eigenvalue weighted by atomic mass is 32.1. The summed E-state index contributed by atoms with van der Waals surface area (Å²) in [7, 11) is 1.33. The highest BCUT2D eigenvalue weighted by molar-refractivity contribution is 7.28. The van der Waals surface area contributed by atoms with Gasteiger partial charge in [-0.1, -0.05) is 0 Å². The lowest BCUT2D eigenvalue weighted by Gasteiger charge is -1.90. The first kappa shape index (κ1) is 8.65. The summed E-state index contributed by atoms with van der Waals surface area (Å²) in [6, 6.07) is 3.08. The monoisotopic (exact) mass is 216 g/mol. The van der Waals surface area contributed by atoms with Crippen molar-refractivity contribution < 1.29 is 13.9 Å². The Labute approximate surface area is 81.6 Å². The maximum atomic E-state index is 12.7. The van der Waals surface area contributed by atoms with Crippen LogP contribution in [0.3, 0.4) is 0 Å². The quantitative estimate of drug-likeness (QED) is 0.685. The van der Waals surface area contributed by atoms with Gasteiger partial charge in [-0.15, -0.1) is 22.7 Å². The van der Waals surface area contributed by atoms with Crippen LogP contribution >= 0.6 is 22.7 Å². The van der Waals surface area contributed by atoms with E-state index in [2.05, 4.69) is 4.74 Å². The molecule has 0 saturated heterocycles. The van der Waals surface area contributed by atoms with Crippen molar-refractivity contribution in [3.63, 3.8) is 0 Å². The molecule has 0 aromatic carbocycles. The summed E-state index contributed by atoms with van der Waals surface area (Å²) >= 11 is 2.28. The Kier molecular flexibility index (Phi) is 2.05. The molecule has 0 atom stereocenters. The first-order valence-electron chi connectivity index (χ1n) is 3.48. The second-order valence-corrected chi connectivity index (χ2v) is 4.50. The first-order chi connectivity index (χ1) is 6.20. The molecule has 0 spiro atoms. The molecule has 2 nitrogen and oxygen atoms in total. The Balaban J connectivity index is 2.51. The van der Waals surface area contributed by atoms with Gasteiger partial charge in [0.2, 0.25) is 0 Å². The van der Waals surface area contributed by atoms with Gasteiger partial charge in [-0.05, 0) is 6.07 Å². The van der Waals surface area contributed by atoms with Crippen LogP contribution in [0, 0.1) is 5.13 Å². The molecule has 0 N–H and O–H groups in total. The molecule has 0 radical (unpaired) electrons. The van der Waals surface area contributed by atoms with Crippen LogP contribution in [-0.4, -0.2) is 13.1 Å². The number of carbonyl (C=O) groups excluding carboxylic acids is 1. The van der Waals surface area contributed by atoms with E-state index in [1.165, 1.54) is 24.5 Å². The van der Waals surface area contributed by atoms with Gasteiger partial charge in [0.15, 0.2) is 5.13 Å². The zero-order valence-electron chi connectivity index (χ0n) is 6.67. The fourth-order valence-corrected chi connectivity index (χ4v) is 3.03. The molecule has 0 aliphatic carbocycles. The number of methoxy groups -OCH3 is 1. The molecule has 0 aliphatic rings. The summed E-state index contributed by atoms with van der Waals surface area (Å²) < 4.78 is 18.8. The smallest absolute Gasteiger partial charge is 0.348 e. The predicted molar refractivity (Wildman–Crippen MR) is 51.0 cm³/mol. The number of ether oxygens (including phenoxy) is 1. The Hall–Kier alpha value is -0.940. The van der Waals surface area contributed by atoms with E-state index in [4.69, 9.17) is 0 Å². The van der Waals surface area contributed by atoms with Crippen molar-refractivity contribution in [1.82, 2.24) is 0 Å². The Morgan fingerprint density at radius 3 is 2.69 bits per heavy atom. The average Bonchev–Trinajstić information content (AvgIpc) is 2.59. The van der Waals surface area contributed by atoms with Crippen LogP contribution in [0.5, 0.6) is 0 Å². The summed E-state index contributed by atoms with van der Waals surface area (Å²) in [5.41, 5.74) is 0. The van der Waals surface area contributed by atoms with E-state index in [0.29, 0.717) is 4.88 Å². The molecule has 2 aromatic rings. The molecule has 0 amide bonds. The van der Waals surface area contributed by atoms with Gasteiger partial charge in [-0.2, -0.15) is 4.39 Å². The number of carbonyl (C=O) groups is 1. The second-order valence-electron chi connectivity index (χ2n) is 2.38. The summed E-state index contributed by atoms with van der Waals surface area (Å²) in [5, 5.41) is -0.224. The number of halogens is 1. The fourth-order valence-electron chi connectivity index (χ4n) is 1.01. The minimum atomic E-state index is -0.367. The standard InChI is InChI=1S/C8H5FO2S2/c1-11-8(10)6-2-4-5(12-6)3-7(9)13-4/h2-3H,1H3. The summed E-state index contributed by atoms with van der Waals surface area (Å²) in [4.78, 5) is 11.6. The molecule has 0 fully saturated rings. The molecule has 2 aromatic heterocycles. The molecule has 0 bridgehead atoms. The van der Waals surface area contributed by atoms with Gasteiger partial charge in [0.1, 0.15) is 4.88 Å². The van der Waals surface area contributed by atoms with E-state index < -0.39 is 0 Å². The molecular weight excluding hydrogens is 211 g/mol. The van der Waals surface area contributed by atoms with Crippen LogP contribution < -0.4 is 0 Å². The summed E-state index contributed by atoms with van der Waals surface area (Å²) in [5.74, 6) is -0.367. The van der Waals surface area contributed by atoms with E-state index in [-0.39, 0.29) is 11.1 Å². The van der Waals surface area contributed by atoms with Gasteiger partial charge in [0.25, 0.3) is 0 Å². The van der Waals surface area contributed by atoms with Crippen LogP contribution in [0.1, 0.15) is 9.67 Å². The molecule has 2 heterocycles. The third kappa shape index (κ3) is 1.45. The number of thiophene rings is 2. The van der Waals surface area contributed by atoms with Crippen LogP contribution in [0.4, 0.5) is 4.39 Å². The van der Waals surface area contributed by atoms with Crippen LogP contribution in [0.2, 0.25) is 0 Å². The highest BCUT2D eigenvalue weighted by Crippen LogP contribution is 2.32. The maximum Gasteiger partial charge on any atom is 0.348 e. The largest absolute Gasteiger partial charge is 0.465 e. The van der Waals surface area contributed by atoms with Crippen LogP contribution in [0.25, 0.3) is 9.40 Å². The summed E-state index contributed by atoms with van der Waals surface area (Å²) in [6.07, 6.45) is 0. The van der Waals surface area contributed by atoms with Gasteiger partial charge in [0.05, 0.1) is 7.11 Å². The Morgan fingerprint density at radius 2 is 2.08 bits per heavy atom. The topological polar surface area (TPSA) is 26.3 Å². The number of rotatable bonds is 1. The third-order valence-electron chi connectivity index (χ3n) is 1.56. The van der Waals surface area contributed by atoms with Crippen molar-refractivity contribution in [1.29, 1.82) is 0 Å². The molecule has 0 saturated carbocycles. The molecule has 68 valence electrons. The molecule has 5 heteroatoms. The van der Waals surface area contributed by atoms with Gasteiger partial charge in [0, 0.05) is 15.5 Å². The molecular formula is C8H5FO2S2. The molecule has 0 unspecified atom stereocenters. The lowest BCUT2D eigenvalue weighted by molar-refractivity contribution is 0.0606. The highest BCUT2D eigenvalue weighted by Gasteiger charge is 2.12. The Morgan fingerprint density at radius 1 is 1.38 bits per heavy atom. The van der Waals surface area contributed by atoms with Crippen molar-refractivity contribution in [3.05, 3.63) is 22.1 Å². The van der Waals surface area contributed by atoms with Crippen LogP contribution in [0.15, 0.2) is 12.1 Å². The van der Waals surface area contributed by atoms with Crippen molar-refractivity contribution in [2.24, 2.45) is 0 Å². The zero-order chi connectivity index (χ0) is 9.42.